The van der Waals surface area contributed by atoms with Gasteiger partial charge in [0, 0.05) is 141 Å². The Morgan fingerprint density at radius 3 is 1.88 bits per heavy atom. The van der Waals surface area contributed by atoms with Crippen LogP contribution in [0, 0.1) is 112 Å². The van der Waals surface area contributed by atoms with Crippen molar-refractivity contribution in [1.82, 2.24) is 114 Å². The van der Waals surface area contributed by atoms with Gasteiger partial charge in [0.25, 0.3) is 5.26 Å². The number of thiazole rings is 4. The summed E-state index contributed by atoms with van der Waals surface area (Å²) in [5, 5.41) is 16.0. The summed E-state index contributed by atoms with van der Waals surface area (Å²) in [5.41, 5.74) is 20.7. The molecule has 0 fully saturated rings. The molecule has 19 aromatic rings. The Bertz CT molecular complexity index is 6430. The van der Waals surface area contributed by atoms with Crippen LogP contribution in [0.5, 0.6) is 0 Å². The molecule has 0 unspecified atom stereocenters. The van der Waals surface area contributed by atoms with Crippen LogP contribution in [0.15, 0.2) is 119 Å². The Morgan fingerprint density at radius 1 is 0.522 bits per heavy atom. The van der Waals surface area contributed by atoms with Crippen molar-refractivity contribution in [3.05, 3.63) is 217 Å². The summed E-state index contributed by atoms with van der Waals surface area (Å²) in [4.78, 5) is 71.0. The van der Waals surface area contributed by atoms with Crippen molar-refractivity contribution in [2.45, 2.75) is 116 Å². The normalized spacial score (nSPS) is 10.9. The number of hydrogen-bond donors (Lipinski definition) is 0. The van der Waals surface area contributed by atoms with E-state index in [1.54, 1.807) is 29.0 Å². The number of halogens is 1. The Morgan fingerprint density at radius 2 is 1.17 bits per heavy atom. The Labute approximate surface area is 746 Å². The fourth-order valence-corrected chi connectivity index (χ4v) is 16.0. The van der Waals surface area contributed by atoms with Gasteiger partial charge in [-0.2, -0.15) is 57.7 Å². The van der Waals surface area contributed by atoms with Gasteiger partial charge in [0.05, 0.1) is 63.2 Å². The predicted molar refractivity (Wildman–Crippen MR) is 422 cm³/mol. The number of oxazole rings is 1. The number of fused-ring (bicyclic) bond motifs is 6. The van der Waals surface area contributed by atoms with Crippen LogP contribution < -0.4 is 4.52 Å². The van der Waals surface area contributed by atoms with Crippen molar-refractivity contribution in [3.8, 4) is 73.5 Å². The Balaban J connectivity index is 0.000000153. The van der Waals surface area contributed by atoms with E-state index >= 15 is 0 Å². The summed E-state index contributed by atoms with van der Waals surface area (Å²) in [7, 11) is 0. The fraction of sp³-hybridized carbons (Fsp3) is 0.218. The molecule has 15 heterocycles. The molecule has 0 aliphatic rings. The number of benzene rings is 4. The van der Waals surface area contributed by atoms with E-state index in [9.17, 15) is 4.39 Å². The SMILES string of the molecule is Cc1cc(C)c(-n2ncnc2-c2[c-]cc3sc(C)nc3c2C)c(C)c1.Cc1cccc(C)c1-n1c(-c2[c-]nc3sc(F)nc3n2)nc2cccc[n+]21.Cc1nc(-c2[c-]nc3oc(C)nc3c2)n(-c2c(C(C)C)cccc2C(C)C)n1.Cc1nc2cc(-c3ncns3)[c-]nc2s1.Cc1nc2nc(-c3ncno3)[c-]nc2s1.[Ir].[Ir].[Ir].[Ir].[Ir]. The van der Waals surface area contributed by atoms with Gasteiger partial charge < -0.3 is 28.9 Å². The van der Waals surface area contributed by atoms with Gasteiger partial charge in [0.15, 0.2) is 17.5 Å². The molecule has 26 nitrogen and oxygen atoms in total. The van der Waals surface area contributed by atoms with Crippen LogP contribution in [0.4, 0.5) is 4.39 Å². The molecule has 15 aromatic heterocycles. The van der Waals surface area contributed by atoms with Crippen molar-refractivity contribution < 1.29 is 118 Å². The number of nitrogens with zero attached hydrogens (tertiary/aromatic N) is 24. The molecule has 37 heteroatoms. The molecule has 0 amide bonds. The van der Waals surface area contributed by atoms with E-state index < -0.39 is 5.26 Å². The number of aromatic nitrogens is 24. The zero-order valence-corrected chi connectivity index (χ0v) is 79.7. The smallest absolute Gasteiger partial charge is 0.335 e. The summed E-state index contributed by atoms with van der Waals surface area (Å²) in [6, 6.07) is 32.0. The summed E-state index contributed by atoms with van der Waals surface area (Å²) < 4.78 is 36.7. The van der Waals surface area contributed by atoms with E-state index in [4.69, 9.17) is 24.0 Å². The summed E-state index contributed by atoms with van der Waals surface area (Å²) >= 11 is 6.93. The monoisotopic (exact) mass is 2510 g/mol. The minimum Gasteiger partial charge on any atom is -0.469 e. The molecule has 0 bridgehead atoms. The van der Waals surface area contributed by atoms with Crippen LogP contribution in [0.3, 0.4) is 0 Å². The molecule has 0 saturated heterocycles. The average Bonchev–Trinajstić information content (AvgIpc) is 1.61. The van der Waals surface area contributed by atoms with Gasteiger partial charge in [-0.05, 0) is 143 Å². The van der Waals surface area contributed by atoms with Crippen molar-refractivity contribution in [1.29, 1.82) is 0 Å². The first-order valence-corrected chi connectivity index (χ1v) is 38.5. The second-order valence-electron chi connectivity index (χ2n) is 26.1. The maximum absolute atomic E-state index is 13.5. The number of hydrogen-bond acceptors (Lipinski definition) is 27. The third-order valence-electron chi connectivity index (χ3n) is 17.3. The van der Waals surface area contributed by atoms with Crippen LogP contribution in [-0.2, 0) is 101 Å². The first-order chi connectivity index (χ1) is 53.1. The quantitative estimate of drug-likeness (QED) is 0.0907. The van der Waals surface area contributed by atoms with Gasteiger partial charge in [-0.15, -0.1) is 51.2 Å². The molecule has 0 atom stereocenters. The van der Waals surface area contributed by atoms with Gasteiger partial charge in [-0.25, -0.2) is 15.0 Å². The molecule has 595 valence electrons. The third-order valence-corrected chi connectivity index (χ3v) is 21.3. The second-order valence-corrected chi connectivity index (χ2v) is 31.4. The van der Waals surface area contributed by atoms with Gasteiger partial charge in [0.1, 0.15) is 42.3 Å². The largest absolute Gasteiger partial charge is 0.469 e. The van der Waals surface area contributed by atoms with Crippen LogP contribution in [0.2, 0.25) is 0 Å². The standard InChI is InChI=1S/C22H24N5O.C20H19N4S.C19H13FN6S.C9H5N4S2.C8H4N5OS.5Ir/c1-12(2)17-8-7-9-18(13(3)4)20(17)27-21(24-14(5)26-27)16-10-19-22(23-11-16)28-15(6)25-19;1-11-8-12(2)19(13(3)9-11)24-20(21-10-22-24)16-6-7-17-18(14(16)4)23-15(5)25-17;1-11-6-5-7-12(2)15(11)26-17(23-14-8-3-4-9-25(14)26)13-10-21-18-16(22-13)24-19(20)27-18;1-5-13-7-2-6(3-10-9(7)14-5)8-11-4-12-15-8;1-4-12-6-8(15-4)9-2-5(13-6)7-10-3-11-14-7;;;;;/h7-10,12-13H,1-6H3;7-10H,1-5H3;3-9H,1-2H3;2,4H,1H3;3H,1H3;;;;;/q2*-1;;2*-1;;;;;. The first kappa shape index (κ1) is 88.5. The van der Waals surface area contributed by atoms with Crippen LogP contribution >= 0.6 is 56.9 Å². The number of rotatable bonds is 10. The molecule has 0 saturated carbocycles. The van der Waals surface area contributed by atoms with E-state index in [1.165, 1.54) is 63.3 Å². The van der Waals surface area contributed by atoms with E-state index in [0.29, 0.717) is 74.2 Å². The van der Waals surface area contributed by atoms with Crippen molar-refractivity contribution >= 4 is 115 Å². The van der Waals surface area contributed by atoms with Gasteiger partial charge in [-0.1, -0.05) is 128 Å². The van der Waals surface area contributed by atoms with E-state index in [0.717, 1.165) is 119 Å². The van der Waals surface area contributed by atoms with Crippen LogP contribution in [0.1, 0.15) is 111 Å². The molecule has 0 aliphatic carbocycles. The molecular weight excluding hydrogens is 2450 g/mol. The van der Waals surface area contributed by atoms with Gasteiger partial charge >= 0.3 is 5.65 Å². The minimum absolute atomic E-state index is 0. The minimum atomic E-state index is -0.562. The van der Waals surface area contributed by atoms with E-state index in [-0.39, 0.29) is 106 Å². The zero-order chi connectivity index (χ0) is 76.8. The topological polar surface area (TPSA) is 303 Å². The molecule has 19 rings (SSSR count). The van der Waals surface area contributed by atoms with Gasteiger partial charge in [0.2, 0.25) is 5.82 Å². The van der Waals surface area contributed by atoms with E-state index in [2.05, 4.69) is 227 Å². The second kappa shape index (κ2) is 38.0. The Hall–Kier alpha value is -8.85. The first-order valence-electron chi connectivity index (χ1n) is 34.5. The molecule has 0 N–H and O–H groups in total. The molecule has 0 aliphatic heterocycles. The number of aryl methyl sites for hydroxylation is 11. The van der Waals surface area contributed by atoms with Crippen LogP contribution in [0.25, 0.3) is 132 Å². The van der Waals surface area contributed by atoms with Gasteiger partial charge in [-0.3, -0.25) is 49.2 Å². The van der Waals surface area contributed by atoms with Crippen molar-refractivity contribution in [3.63, 3.8) is 0 Å². The summed E-state index contributed by atoms with van der Waals surface area (Å²) in [6.45, 7) is 30.9. The van der Waals surface area contributed by atoms with E-state index in [1.807, 2.05) is 102 Å². The molecule has 5 radical (unpaired) electrons. The Kier molecular flexibility index (Phi) is 29.3. The maximum atomic E-state index is 13.5. The summed E-state index contributed by atoms with van der Waals surface area (Å²) in [5.74, 6) is 4.38. The fourth-order valence-electron chi connectivity index (χ4n) is 12.6. The number of pyridine rings is 3. The van der Waals surface area contributed by atoms with Crippen molar-refractivity contribution in [2.24, 2.45) is 0 Å². The average molecular weight is 2510 g/mol. The maximum Gasteiger partial charge on any atom is 0.335 e. The zero-order valence-electron chi connectivity index (χ0n) is 63.7. The molecule has 115 heavy (non-hydrogen) atoms. The molecule has 4 aromatic carbocycles. The van der Waals surface area contributed by atoms with Crippen molar-refractivity contribution in [2.75, 3.05) is 0 Å². The third kappa shape index (κ3) is 18.9. The van der Waals surface area contributed by atoms with Crippen LogP contribution in [-0.4, -0.2) is 114 Å². The molecular formula is C78H65FIr5N24O2S5-4. The number of para-hydroxylation sites is 2. The molecule has 0 spiro atoms. The predicted octanol–water partition coefficient (Wildman–Crippen LogP) is 16.8. The summed E-state index contributed by atoms with van der Waals surface area (Å²) in [6.07, 6.45) is 18.0.